The molecule has 1 heterocycles. The van der Waals surface area contributed by atoms with Crippen molar-refractivity contribution in [2.45, 2.75) is 6.61 Å². The Morgan fingerprint density at radius 3 is 2.68 bits per heavy atom. The van der Waals surface area contributed by atoms with Gasteiger partial charge in [0.25, 0.3) is 11.6 Å². The minimum Gasteiger partial charge on any atom is -0.488 e. The van der Waals surface area contributed by atoms with Crippen LogP contribution in [0.2, 0.25) is 0 Å². The Kier molecular flexibility index (Phi) is 4.60. The van der Waals surface area contributed by atoms with Crippen molar-refractivity contribution in [3.63, 3.8) is 0 Å². The molecule has 0 bridgehead atoms. The number of nitro groups is 1. The van der Waals surface area contributed by atoms with E-state index < -0.39 is 4.92 Å². The number of hydrogen-bond donors (Lipinski definition) is 1. The van der Waals surface area contributed by atoms with Crippen LogP contribution in [0.4, 0.5) is 11.6 Å². The number of ether oxygens (including phenoxy) is 1. The van der Waals surface area contributed by atoms with Crippen molar-refractivity contribution in [1.29, 1.82) is 0 Å². The molecule has 0 aliphatic heterocycles. The zero-order valence-electron chi connectivity index (χ0n) is 12.9. The van der Waals surface area contributed by atoms with Crippen LogP contribution < -0.4 is 10.5 Å². The molecule has 0 radical (unpaired) electrons. The molecule has 0 atom stereocenters. The number of nitrogens with two attached hydrogens (primary N) is 1. The molecule has 3 aromatic rings. The van der Waals surface area contributed by atoms with Gasteiger partial charge in [-0.3, -0.25) is 10.1 Å². The minimum atomic E-state index is -0.443. The van der Waals surface area contributed by atoms with Gasteiger partial charge in [0.2, 0.25) is 0 Å². The summed E-state index contributed by atoms with van der Waals surface area (Å²) in [6, 6.07) is 13.4. The van der Waals surface area contributed by atoms with E-state index >= 15 is 0 Å². The smallest absolute Gasteiger partial charge is 0.269 e. The maximum Gasteiger partial charge on any atom is 0.269 e. The van der Waals surface area contributed by atoms with Gasteiger partial charge in [-0.05, 0) is 40.3 Å². The monoisotopic (exact) mass is 339 g/mol. The molecule has 0 saturated heterocycles. The van der Waals surface area contributed by atoms with Crippen molar-refractivity contribution in [2.75, 3.05) is 5.73 Å². The molecule has 2 N–H and O–H groups in total. The molecule has 0 unspecified atom stereocenters. The van der Waals surface area contributed by atoms with Crippen molar-refractivity contribution < 1.29 is 9.66 Å². The zero-order chi connectivity index (χ0) is 17.6. The molecule has 0 amide bonds. The van der Waals surface area contributed by atoms with Gasteiger partial charge in [0.05, 0.1) is 11.1 Å². The highest BCUT2D eigenvalue weighted by Gasteiger charge is 2.06. The molecule has 126 valence electrons. The van der Waals surface area contributed by atoms with E-state index in [1.165, 1.54) is 18.3 Å². The Morgan fingerprint density at radius 1 is 1.24 bits per heavy atom. The van der Waals surface area contributed by atoms with Gasteiger partial charge >= 0.3 is 0 Å². The van der Waals surface area contributed by atoms with E-state index in [2.05, 4.69) is 20.6 Å². The summed E-state index contributed by atoms with van der Waals surface area (Å²) < 4.78 is 5.77. The number of nitrogens with zero attached hydrogens (tertiary/aromatic N) is 6. The van der Waals surface area contributed by atoms with Crippen LogP contribution in [0.3, 0.4) is 0 Å². The van der Waals surface area contributed by atoms with E-state index in [9.17, 15) is 10.1 Å². The lowest BCUT2D eigenvalue weighted by Crippen LogP contribution is -2.01. The van der Waals surface area contributed by atoms with E-state index in [0.717, 1.165) is 10.4 Å². The zero-order valence-corrected chi connectivity index (χ0v) is 12.9. The number of tetrazole rings is 1. The van der Waals surface area contributed by atoms with Crippen LogP contribution in [-0.2, 0) is 6.61 Å². The molecule has 0 saturated carbocycles. The van der Waals surface area contributed by atoms with E-state index in [1.54, 1.807) is 18.2 Å². The van der Waals surface area contributed by atoms with Crippen LogP contribution >= 0.6 is 0 Å². The van der Waals surface area contributed by atoms with E-state index in [-0.39, 0.29) is 18.2 Å². The number of rotatable bonds is 6. The van der Waals surface area contributed by atoms with Gasteiger partial charge in [0.15, 0.2) is 0 Å². The van der Waals surface area contributed by atoms with Crippen LogP contribution in [0.5, 0.6) is 5.75 Å². The lowest BCUT2D eigenvalue weighted by molar-refractivity contribution is -0.384. The largest absolute Gasteiger partial charge is 0.488 e. The number of benzene rings is 2. The summed E-state index contributed by atoms with van der Waals surface area (Å²) in [4.78, 5) is 11.3. The fraction of sp³-hybridized carbons (Fsp3) is 0.0667. The van der Waals surface area contributed by atoms with Gasteiger partial charge in [0, 0.05) is 17.7 Å². The fourth-order valence-electron chi connectivity index (χ4n) is 1.98. The summed E-state index contributed by atoms with van der Waals surface area (Å²) in [6.45, 7) is 0.260. The van der Waals surface area contributed by atoms with E-state index in [4.69, 9.17) is 10.5 Å². The van der Waals surface area contributed by atoms with Crippen LogP contribution in [0, 0.1) is 10.1 Å². The quantitative estimate of drug-likeness (QED) is 0.409. The number of nitrogen functional groups attached to an aromatic ring is 1. The first-order valence-electron chi connectivity index (χ1n) is 7.17. The maximum absolute atomic E-state index is 10.7. The second kappa shape index (κ2) is 7.17. The molecular weight excluding hydrogens is 326 g/mol. The van der Waals surface area contributed by atoms with Crippen LogP contribution in [0.1, 0.15) is 11.1 Å². The molecule has 2 aromatic carbocycles. The summed E-state index contributed by atoms with van der Waals surface area (Å²) in [6.07, 6.45) is 1.53. The molecule has 10 nitrogen and oxygen atoms in total. The van der Waals surface area contributed by atoms with Crippen molar-refractivity contribution in [2.24, 2.45) is 5.10 Å². The molecule has 10 heteroatoms. The molecule has 0 aliphatic rings. The lowest BCUT2D eigenvalue weighted by Gasteiger charge is -2.08. The lowest BCUT2D eigenvalue weighted by atomic mass is 10.2. The molecule has 0 fully saturated rings. The average Bonchev–Trinajstić information content (AvgIpc) is 3.04. The van der Waals surface area contributed by atoms with Gasteiger partial charge in [-0.2, -0.15) is 5.10 Å². The normalized spacial score (nSPS) is 10.9. The Labute approximate surface area is 141 Å². The Morgan fingerprint density at radius 2 is 2.00 bits per heavy atom. The third-order valence-electron chi connectivity index (χ3n) is 3.24. The number of hydrogen-bond acceptors (Lipinski definition) is 8. The number of aromatic nitrogens is 4. The van der Waals surface area contributed by atoms with E-state index in [0.29, 0.717) is 11.3 Å². The molecule has 1 aromatic heterocycles. The summed E-state index contributed by atoms with van der Waals surface area (Å²) in [5.41, 5.74) is 7.10. The highest BCUT2D eigenvalue weighted by molar-refractivity contribution is 5.83. The molecule has 3 rings (SSSR count). The summed E-state index contributed by atoms with van der Waals surface area (Å²) in [5, 5.41) is 25.3. The van der Waals surface area contributed by atoms with Crippen molar-refractivity contribution >= 4 is 17.9 Å². The van der Waals surface area contributed by atoms with Gasteiger partial charge in [-0.25, -0.2) is 0 Å². The first-order chi connectivity index (χ1) is 12.1. The third kappa shape index (κ3) is 3.93. The molecule has 0 aliphatic carbocycles. The van der Waals surface area contributed by atoms with Crippen LogP contribution in [0.25, 0.3) is 0 Å². The van der Waals surface area contributed by atoms with Crippen molar-refractivity contribution in [3.8, 4) is 5.75 Å². The highest BCUT2D eigenvalue weighted by atomic mass is 16.6. The second-order valence-corrected chi connectivity index (χ2v) is 4.92. The average molecular weight is 339 g/mol. The first-order valence-corrected chi connectivity index (χ1v) is 7.17. The van der Waals surface area contributed by atoms with E-state index in [1.807, 2.05) is 18.2 Å². The van der Waals surface area contributed by atoms with Gasteiger partial charge in [-0.1, -0.05) is 22.0 Å². The molecule has 25 heavy (non-hydrogen) atoms. The van der Waals surface area contributed by atoms with Crippen molar-refractivity contribution in [3.05, 3.63) is 69.8 Å². The third-order valence-corrected chi connectivity index (χ3v) is 3.24. The van der Waals surface area contributed by atoms with Crippen LogP contribution in [-0.4, -0.2) is 31.5 Å². The number of nitro benzene ring substituents is 1. The predicted molar refractivity (Wildman–Crippen MR) is 89.1 cm³/mol. The summed E-state index contributed by atoms with van der Waals surface area (Å²) >= 11 is 0. The molecule has 0 spiro atoms. The first kappa shape index (κ1) is 16.1. The minimum absolute atomic E-state index is 0.0373. The Hall–Kier alpha value is -3.82. The number of para-hydroxylation sites is 1. The topological polar surface area (TPSA) is 134 Å². The van der Waals surface area contributed by atoms with Gasteiger partial charge < -0.3 is 10.5 Å². The van der Waals surface area contributed by atoms with Gasteiger partial charge in [-0.15, -0.1) is 0 Å². The number of non-ortho nitro benzene ring substituents is 1. The Balaban J connectivity index is 1.71. The molecular formula is C15H13N7O3. The maximum atomic E-state index is 10.7. The SMILES string of the molecule is Nc1nnnn1/N=C/c1ccccc1OCc1ccc([N+](=O)[O-])cc1. The van der Waals surface area contributed by atoms with Gasteiger partial charge in [0.1, 0.15) is 12.4 Å². The standard InChI is InChI=1S/C15H13N7O3/c16-15-18-19-20-21(15)17-9-12-3-1-2-4-14(12)25-10-11-5-7-13(8-6-11)22(23)24/h1-9H,10H2,(H2,16,18,20)/b17-9+. The fourth-order valence-corrected chi connectivity index (χ4v) is 1.98. The summed E-state index contributed by atoms with van der Waals surface area (Å²) in [5.74, 6) is 0.664. The second-order valence-electron chi connectivity index (χ2n) is 4.92. The number of anilines is 1. The van der Waals surface area contributed by atoms with Crippen molar-refractivity contribution in [1.82, 2.24) is 20.3 Å². The van der Waals surface area contributed by atoms with Crippen LogP contribution in [0.15, 0.2) is 53.6 Å². The summed E-state index contributed by atoms with van der Waals surface area (Å²) in [7, 11) is 0. The highest BCUT2D eigenvalue weighted by Crippen LogP contribution is 2.19. The Bertz CT molecular complexity index is 905. The predicted octanol–water partition coefficient (Wildman–Crippen LogP) is 1.62.